The fraction of sp³-hybridized carbons (Fsp3) is 0.759. The van der Waals surface area contributed by atoms with Crippen LogP contribution in [0.5, 0.6) is 0 Å². The van der Waals surface area contributed by atoms with Gasteiger partial charge >= 0.3 is 0 Å². The molecule has 8 nitrogen and oxygen atoms in total. The molecule has 0 amide bonds. The zero-order valence-corrected chi connectivity index (χ0v) is 21.5. The van der Waals surface area contributed by atoms with Gasteiger partial charge in [-0.2, -0.15) is 0 Å². The predicted molar refractivity (Wildman–Crippen MR) is 133 cm³/mol. The summed E-state index contributed by atoms with van der Waals surface area (Å²) >= 11 is 0. The number of hydrogen-bond acceptors (Lipinski definition) is 8. The van der Waals surface area contributed by atoms with Crippen LogP contribution in [0.3, 0.4) is 0 Å². The van der Waals surface area contributed by atoms with Crippen molar-refractivity contribution in [1.29, 1.82) is 0 Å². The van der Waals surface area contributed by atoms with Crippen LogP contribution in [0.25, 0.3) is 0 Å². The van der Waals surface area contributed by atoms with E-state index in [1.165, 1.54) is 6.92 Å². The number of aliphatic hydroxyl groups is 5. The molecule has 8 heteroatoms. The van der Waals surface area contributed by atoms with Crippen molar-refractivity contribution in [2.45, 2.75) is 82.4 Å². The topological polar surface area (TPSA) is 152 Å². The Labute approximate surface area is 217 Å². The molecule has 5 rings (SSSR count). The maximum atomic E-state index is 13.9. The molecule has 0 bridgehead atoms. The van der Waals surface area contributed by atoms with Crippen molar-refractivity contribution in [1.82, 2.24) is 0 Å². The second-order valence-corrected chi connectivity index (χ2v) is 12.5. The summed E-state index contributed by atoms with van der Waals surface area (Å²) in [7, 11) is 0. The Hall–Kier alpha value is -1.71. The third-order valence-corrected chi connectivity index (χ3v) is 10.2. The van der Waals surface area contributed by atoms with Crippen LogP contribution in [-0.4, -0.2) is 72.9 Å². The summed E-state index contributed by atoms with van der Waals surface area (Å²) in [4.78, 5) is 39.3. The Kier molecular flexibility index (Phi) is 7.12. The van der Waals surface area contributed by atoms with Gasteiger partial charge in [0.05, 0.1) is 30.1 Å². The molecule has 0 aromatic rings. The van der Waals surface area contributed by atoms with E-state index in [2.05, 4.69) is 12.2 Å². The lowest BCUT2D eigenvalue weighted by molar-refractivity contribution is -0.215. The predicted octanol–water partition coefficient (Wildman–Crippen LogP) is 0.975. The van der Waals surface area contributed by atoms with E-state index in [1.807, 2.05) is 6.08 Å². The molecule has 37 heavy (non-hydrogen) atoms. The van der Waals surface area contributed by atoms with Crippen molar-refractivity contribution >= 4 is 17.3 Å². The Bertz CT molecular complexity index is 1000. The smallest absolute Gasteiger partial charge is 0.180 e. The number of hydrogen-bond donors (Lipinski definition) is 5. The van der Waals surface area contributed by atoms with Crippen LogP contribution in [0.1, 0.15) is 52.4 Å². The molecule has 0 radical (unpaired) electrons. The molecule has 5 N–H and O–H groups in total. The van der Waals surface area contributed by atoms with Gasteiger partial charge in [-0.05, 0) is 82.0 Å². The van der Waals surface area contributed by atoms with Crippen molar-refractivity contribution in [3.8, 4) is 0 Å². The Morgan fingerprint density at radius 2 is 1.78 bits per heavy atom. The highest BCUT2D eigenvalue weighted by Crippen LogP contribution is 2.56. The molecule has 0 aliphatic heterocycles. The number of carbonyl (C=O) groups excluding carboxylic acids is 3. The fourth-order valence-electron chi connectivity index (χ4n) is 8.70. The Balaban J connectivity index is 1.43. The second-order valence-electron chi connectivity index (χ2n) is 12.5. The highest BCUT2D eigenvalue weighted by Gasteiger charge is 2.67. The van der Waals surface area contributed by atoms with Crippen molar-refractivity contribution < 1.29 is 39.9 Å². The Morgan fingerprint density at radius 1 is 1.05 bits per heavy atom. The minimum absolute atomic E-state index is 0.00734. The van der Waals surface area contributed by atoms with E-state index in [9.17, 15) is 39.9 Å². The summed E-state index contributed by atoms with van der Waals surface area (Å²) in [6.07, 6.45) is 7.06. The first kappa shape index (κ1) is 26.9. The van der Waals surface area contributed by atoms with Gasteiger partial charge in [0, 0.05) is 5.92 Å². The van der Waals surface area contributed by atoms with Crippen molar-refractivity contribution in [3.05, 3.63) is 24.3 Å². The fourth-order valence-corrected chi connectivity index (χ4v) is 8.70. The molecule has 3 saturated carbocycles. The molecule has 5 aliphatic carbocycles. The van der Waals surface area contributed by atoms with Crippen molar-refractivity contribution in [2.75, 3.05) is 0 Å². The van der Waals surface area contributed by atoms with Gasteiger partial charge in [0.1, 0.15) is 23.6 Å². The lowest BCUT2D eigenvalue weighted by atomic mass is 9.48. The van der Waals surface area contributed by atoms with Gasteiger partial charge in [-0.1, -0.05) is 24.3 Å². The van der Waals surface area contributed by atoms with Crippen LogP contribution in [0.15, 0.2) is 24.3 Å². The van der Waals surface area contributed by atoms with E-state index in [1.54, 1.807) is 13.0 Å². The van der Waals surface area contributed by atoms with Crippen LogP contribution in [0, 0.1) is 53.3 Å². The molecular weight excluding hydrogens is 476 g/mol. The standard InChI is InChI=1S/C29H40O8/c1-13(30)8-15-4-3-5-16(9-15)19-6-7-21(32)25-20(19)11-17-10-18-12-22(33)23(14(2)31)27(35)29(18,37)28(36)24(17)26(25)34/h3,5-7,13,15-25,28,30,32-33,36-37H,4,8-12H2,1-2H3/t13?,15?,16?,17-,18+,19?,20?,21?,22?,23?,24?,25?,28?,29-/m1/s1. The summed E-state index contributed by atoms with van der Waals surface area (Å²) < 4.78 is 0. The van der Waals surface area contributed by atoms with E-state index < -0.39 is 59.2 Å². The van der Waals surface area contributed by atoms with Crippen LogP contribution in [-0.2, 0) is 14.4 Å². The van der Waals surface area contributed by atoms with E-state index in [-0.39, 0.29) is 48.4 Å². The first-order valence-electron chi connectivity index (χ1n) is 13.8. The normalized spacial score (nSPS) is 50.1. The maximum absolute atomic E-state index is 13.9. The van der Waals surface area contributed by atoms with Crippen LogP contribution in [0.2, 0.25) is 0 Å². The van der Waals surface area contributed by atoms with Gasteiger partial charge in [0.15, 0.2) is 11.4 Å². The van der Waals surface area contributed by atoms with Gasteiger partial charge in [0.25, 0.3) is 0 Å². The zero-order valence-electron chi connectivity index (χ0n) is 21.5. The summed E-state index contributed by atoms with van der Waals surface area (Å²) in [5.74, 6) is -5.66. The lowest BCUT2D eigenvalue weighted by Crippen LogP contribution is -2.71. The molecule has 204 valence electrons. The number of rotatable bonds is 4. The summed E-state index contributed by atoms with van der Waals surface area (Å²) in [5, 5.41) is 54.2. The SMILES string of the molecule is CC(=O)C1C(=O)[C@@]2(O)C(O)C3C(=O)C4C(O)C=CC(C5C=CCC(CC(C)O)C5)C4C[C@H]3C[C@H]2CC1O. The number of ketones is 3. The third-order valence-electron chi connectivity index (χ3n) is 10.2. The molecule has 0 aromatic carbocycles. The number of aliphatic hydroxyl groups excluding tert-OH is 4. The third kappa shape index (κ3) is 4.29. The van der Waals surface area contributed by atoms with Crippen LogP contribution >= 0.6 is 0 Å². The van der Waals surface area contributed by atoms with Gasteiger partial charge in [0.2, 0.25) is 0 Å². The number of Topliss-reactive ketones (excluding diaryl/α,β-unsaturated/α-hetero) is 3. The number of allylic oxidation sites excluding steroid dienone is 3. The van der Waals surface area contributed by atoms with Gasteiger partial charge in [-0.3, -0.25) is 14.4 Å². The monoisotopic (exact) mass is 516 g/mol. The largest absolute Gasteiger partial charge is 0.393 e. The van der Waals surface area contributed by atoms with Crippen LogP contribution in [0.4, 0.5) is 0 Å². The summed E-state index contributed by atoms with van der Waals surface area (Å²) in [6, 6.07) is 0. The highest BCUT2D eigenvalue weighted by atomic mass is 16.4. The lowest BCUT2D eigenvalue weighted by Gasteiger charge is -2.57. The average molecular weight is 517 g/mol. The molecule has 3 fully saturated rings. The minimum atomic E-state index is -2.27. The zero-order chi connectivity index (χ0) is 26.8. The van der Waals surface area contributed by atoms with Crippen molar-refractivity contribution in [2.24, 2.45) is 53.3 Å². The molecule has 14 atom stereocenters. The van der Waals surface area contributed by atoms with E-state index in [4.69, 9.17) is 0 Å². The van der Waals surface area contributed by atoms with E-state index >= 15 is 0 Å². The number of fused-ring (bicyclic) bond motifs is 3. The molecule has 0 aromatic heterocycles. The van der Waals surface area contributed by atoms with Crippen molar-refractivity contribution in [3.63, 3.8) is 0 Å². The molecule has 0 heterocycles. The first-order chi connectivity index (χ1) is 17.4. The van der Waals surface area contributed by atoms with E-state index in [0.717, 1.165) is 12.8 Å². The van der Waals surface area contributed by atoms with Gasteiger partial charge in [-0.25, -0.2) is 0 Å². The maximum Gasteiger partial charge on any atom is 0.180 e. The molecule has 11 unspecified atom stereocenters. The molecular formula is C29H40O8. The number of carbonyl (C=O) groups is 3. The van der Waals surface area contributed by atoms with E-state index in [0.29, 0.717) is 18.8 Å². The first-order valence-corrected chi connectivity index (χ1v) is 13.8. The summed E-state index contributed by atoms with van der Waals surface area (Å²) in [5.41, 5.74) is -2.27. The van der Waals surface area contributed by atoms with Gasteiger partial charge < -0.3 is 25.5 Å². The molecule has 5 aliphatic rings. The highest BCUT2D eigenvalue weighted by molar-refractivity contribution is 6.07. The molecule has 0 spiro atoms. The Morgan fingerprint density at radius 3 is 2.46 bits per heavy atom. The molecule has 0 saturated heterocycles. The summed E-state index contributed by atoms with van der Waals surface area (Å²) in [6.45, 7) is 2.97. The second kappa shape index (κ2) is 9.79. The minimum Gasteiger partial charge on any atom is -0.393 e. The van der Waals surface area contributed by atoms with Crippen LogP contribution < -0.4 is 0 Å². The quantitative estimate of drug-likeness (QED) is 0.274. The average Bonchev–Trinajstić information content (AvgIpc) is 2.81. The van der Waals surface area contributed by atoms with Gasteiger partial charge in [-0.15, -0.1) is 0 Å².